The number of ether oxygens (including phenoxy) is 1. The van der Waals surface area contributed by atoms with Gasteiger partial charge in [-0.15, -0.1) is 11.3 Å². The maximum absolute atomic E-state index is 13.3. The van der Waals surface area contributed by atoms with Crippen molar-refractivity contribution in [3.8, 4) is 0 Å². The number of fused-ring (bicyclic) bond motifs is 1. The van der Waals surface area contributed by atoms with E-state index in [1.54, 1.807) is 16.2 Å². The van der Waals surface area contributed by atoms with Gasteiger partial charge in [0, 0.05) is 29.6 Å². The molecule has 0 saturated carbocycles. The van der Waals surface area contributed by atoms with Crippen molar-refractivity contribution in [2.24, 2.45) is 0 Å². The Bertz CT molecular complexity index is 834. The molecule has 7 heteroatoms. The van der Waals surface area contributed by atoms with Crippen LogP contribution in [-0.2, 0) is 20.7 Å². The zero-order chi connectivity index (χ0) is 20.3. The van der Waals surface area contributed by atoms with Crippen LogP contribution in [-0.4, -0.2) is 54.5 Å². The first kappa shape index (κ1) is 20.8. The number of hydrogen-bond donors (Lipinski definition) is 0. The van der Waals surface area contributed by atoms with E-state index in [2.05, 4.69) is 11.4 Å². The Morgan fingerprint density at radius 1 is 1.29 bits per heavy atom. The second-order valence-electron chi connectivity index (χ2n) is 7.14. The van der Waals surface area contributed by atoms with E-state index in [-0.39, 0.29) is 37.0 Å². The molecule has 0 radical (unpaired) electrons. The van der Waals surface area contributed by atoms with Crippen molar-refractivity contribution >= 4 is 34.8 Å². The summed E-state index contributed by atoms with van der Waals surface area (Å²) in [5.41, 5.74) is 2.18. The molecule has 1 aromatic heterocycles. The molecule has 0 aliphatic carbocycles. The lowest BCUT2D eigenvalue weighted by atomic mass is 9.93. The van der Waals surface area contributed by atoms with E-state index in [4.69, 9.17) is 16.3 Å². The smallest absolute Gasteiger partial charge is 0.249 e. The number of thiophene rings is 1. The molecular formula is C21H25ClN2O3S. The van der Waals surface area contributed by atoms with Crippen LogP contribution in [0.4, 0.5) is 0 Å². The van der Waals surface area contributed by atoms with Crippen molar-refractivity contribution in [2.45, 2.75) is 32.4 Å². The van der Waals surface area contributed by atoms with E-state index in [1.165, 1.54) is 12.0 Å². The second kappa shape index (κ2) is 9.07. The summed E-state index contributed by atoms with van der Waals surface area (Å²) in [6.07, 6.45) is 0.830. The van der Waals surface area contributed by atoms with Gasteiger partial charge in [0.05, 0.1) is 6.04 Å². The molecule has 2 amide bonds. The van der Waals surface area contributed by atoms with Gasteiger partial charge in [0.2, 0.25) is 11.8 Å². The first-order chi connectivity index (χ1) is 13.4. The SMILES string of the molecule is COCC(=O)N(CC(=O)N1CCc2sccc2C1c1ccc(Cl)cc1)C(C)C. The van der Waals surface area contributed by atoms with Gasteiger partial charge in [-0.1, -0.05) is 23.7 Å². The molecule has 28 heavy (non-hydrogen) atoms. The van der Waals surface area contributed by atoms with Crippen molar-refractivity contribution in [2.75, 3.05) is 26.8 Å². The van der Waals surface area contributed by atoms with Gasteiger partial charge in [0.25, 0.3) is 0 Å². The molecule has 150 valence electrons. The van der Waals surface area contributed by atoms with Gasteiger partial charge >= 0.3 is 0 Å². The molecule has 0 saturated heterocycles. The van der Waals surface area contributed by atoms with Gasteiger partial charge < -0.3 is 14.5 Å². The molecule has 0 bridgehead atoms. The topological polar surface area (TPSA) is 49.9 Å². The average Bonchev–Trinajstić information content (AvgIpc) is 3.14. The maximum Gasteiger partial charge on any atom is 0.249 e. The zero-order valence-corrected chi connectivity index (χ0v) is 17.9. The molecule has 3 rings (SSSR count). The van der Waals surface area contributed by atoms with Crippen LogP contribution in [0.1, 0.15) is 35.9 Å². The van der Waals surface area contributed by atoms with E-state index in [1.807, 2.05) is 43.0 Å². The van der Waals surface area contributed by atoms with Gasteiger partial charge in [0.15, 0.2) is 0 Å². The molecule has 1 aromatic carbocycles. The lowest BCUT2D eigenvalue weighted by Gasteiger charge is -2.38. The average molecular weight is 421 g/mol. The summed E-state index contributed by atoms with van der Waals surface area (Å²) in [5.74, 6) is -0.239. The van der Waals surface area contributed by atoms with Crippen LogP contribution in [0.25, 0.3) is 0 Å². The minimum atomic E-state index is -0.179. The monoisotopic (exact) mass is 420 g/mol. The molecule has 5 nitrogen and oxygen atoms in total. The summed E-state index contributed by atoms with van der Waals surface area (Å²) >= 11 is 7.79. The van der Waals surface area contributed by atoms with E-state index >= 15 is 0 Å². The Kier molecular flexibility index (Phi) is 6.75. The summed E-state index contributed by atoms with van der Waals surface area (Å²) in [6.45, 7) is 4.46. The van der Waals surface area contributed by atoms with Crippen LogP contribution < -0.4 is 0 Å². The minimum absolute atomic E-state index is 0.0270. The molecular weight excluding hydrogens is 396 g/mol. The predicted octanol–water partition coefficient (Wildman–Crippen LogP) is 3.76. The molecule has 1 atom stereocenters. The third-order valence-electron chi connectivity index (χ3n) is 4.99. The Morgan fingerprint density at radius 2 is 2.00 bits per heavy atom. The molecule has 1 aliphatic heterocycles. The van der Waals surface area contributed by atoms with Gasteiger partial charge in [-0.2, -0.15) is 0 Å². The Balaban J connectivity index is 1.89. The molecule has 1 unspecified atom stereocenters. The van der Waals surface area contributed by atoms with Crippen molar-refractivity contribution in [1.29, 1.82) is 0 Å². The summed E-state index contributed by atoms with van der Waals surface area (Å²) in [7, 11) is 1.48. The van der Waals surface area contributed by atoms with Gasteiger partial charge in [-0.05, 0) is 55.0 Å². The number of benzene rings is 1. The Labute approximate surface area is 174 Å². The minimum Gasteiger partial charge on any atom is -0.375 e. The second-order valence-corrected chi connectivity index (χ2v) is 8.58. The van der Waals surface area contributed by atoms with Crippen LogP contribution >= 0.6 is 22.9 Å². The molecule has 0 spiro atoms. The molecule has 1 aliphatic rings. The highest BCUT2D eigenvalue weighted by Crippen LogP contribution is 2.38. The highest BCUT2D eigenvalue weighted by molar-refractivity contribution is 7.10. The first-order valence-electron chi connectivity index (χ1n) is 9.32. The summed E-state index contributed by atoms with van der Waals surface area (Å²) < 4.78 is 4.97. The fraction of sp³-hybridized carbons (Fsp3) is 0.429. The van der Waals surface area contributed by atoms with Crippen LogP contribution in [0.5, 0.6) is 0 Å². The van der Waals surface area contributed by atoms with Crippen molar-refractivity contribution < 1.29 is 14.3 Å². The maximum atomic E-state index is 13.3. The van der Waals surface area contributed by atoms with Crippen LogP contribution in [0.3, 0.4) is 0 Å². The highest BCUT2D eigenvalue weighted by atomic mass is 35.5. The predicted molar refractivity (Wildman–Crippen MR) is 112 cm³/mol. The highest BCUT2D eigenvalue weighted by Gasteiger charge is 2.34. The lowest BCUT2D eigenvalue weighted by molar-refractivity contribution is -0.145. The van der Waals surface area contributed by atoms with E-state index < -0.39 is 0 Å². The fourth-order valence-corrected chi connectivity index (χ4v) is 4.62. The first-order valence-corrected chi connectivity index (χ1v) is 10.6. The summed E-state index contributed by atoms with van der Waals surface area (Å²) in [5, 5.41) is 2.74. The molecule has 2 aromatic rings. The molecule has 0 fully saturated rings. The third-order valence-corrected chi connectivity index (χ3v) is 6.24. The van der Waals surface area contributed by atoms with Crippen LogP contribution in [0.2, 0.25) is 5.02 Å². The van der Waals surface area contributed by atoms with Crippen molar-refractivity contribution in [3.05, 3.63) is 56.7 Å². The zero-order valence-electron chi connectivity index (χ0n) is 16.4. The van der Waals surface area contributed by atoms with E-state index in [9.17, 15) is 9.59 Å². The van der Waals surface area contributed by atoms with Crippen molar-refractivity contribution in [3.63, 3.8) is 0 Å². The number of carbonyl (C=O) groups excluding carboxylic acids is 2. The van der Waals surface area contributed by atoms with Gasteiger partial charge in [0.1, 0.15) is 13.2 Å². The van der Waals surface area contributed by atoms with Crippen molar-refractivity contribution in [1.82, 2.24) is 9.80 Å². The number of rotatable bonds is 6. The largest absolute Gasteiger partial charge is 0.375 e. The Morgan fingerprint density at radius 3 is 2.64 bits per heavy atom. The molecule has 2 heterocycles. The standard InChI is InChI=1S/C21H25ClN2O3S/c1-14(2)24(20(26)13-27-3)12-19(25)23-10-8-18-17(9-11-28-18)21(23)15-4-6-16(22)7-5-15/h4-7,9,11,14,21H,8,10,12-13H2,1-3H3. The number of halogens is 1. The number of hydrogen-bond acceptors (Lipinski definition) is 4. The number of methoxy groups -OCH3 is 1. The number of carbonyl (C=O) groups is 2. The Hall–Kier alpha value is -1.89. The number of nitrogens with zero attached hydrogens (tertiary/aromatic N) is 2. The quantitative estimate of drug-likeness (QED) is 0.714. The summed E-state index contributed by atoms with van der Waals surface area (Å²) in [6, 6.07) is 9.49. The van der Waals surface area contributed by atoms with Crippen LogP contribution in [0, 0.1) is 0 Å². The number of amides is 2. The molecule has 0 N–H and O–H groups in total. The van der Waals surface area contributed by atoms with E-state index in [0.29, 0.717) is 11.6 Å². The fourth-order valence-electron chi connectivity index (χ4n) is 3.59. The van der Waals surface area contributed by atoms with Crippen LogP contribution in [0.15, 0.2) is 35.7 Å². The van der Waals surface area contributed by atoms with Gasteiger partial charge in [-0.25, -0.2) is 0 Å². The summed E-state index contributed by atoms with van der Waals surface area (Å²) in [4.78, 5) is 30.4. The van der Waals surface area contributed by atoms with E-state index in [0.717, 1.165) is 17.5 Å². The normalized spacial score (nSPS) is 16.2. The van der Waals surface area contributed by atoms with Gasteiger partial charge in [-0.3, -0.25) is 9.59 Å². The lowest BCUT2D eigenvalue weighted by Crippen LogP contribution is -2.49. The third kappa shape index (κ3) is 4.40.